The van der Waals surface area contributed by atoms with Crippen molar-refractivity contribution < 1.29 is 4.79 Å². The van der Waals surface area contributed by atoms with Gasteiger partial charge in [-0.2, -0.15) is 5.10 Å². The lowest BCUT2D eigenvalue weighted by molar-refractivity contribution is -0.122. The van der Waals surface area contributed by atoms with Crippen LogP contribution in [-0.2, 0) is 17.8 Å². The van der Waals surface area contributed by atoms with Crippen molar-refractivity contribution in [2.75, 3.05) is 0 Å². The second-order valence-electron chi connectivity index (χ2n) is 7.02. The van der Waals surface area contributed by atoms with E-state index in [0.29, 0.717) is 12.3 Å². The highest BCUT2D eigenvalue weighted by atomic mass is 16.1. The van der Waals surface area contributed by atoms with Gasteiger partial charge in [0.2, 0.25) is 5.91 Å². The van der Waals surface area contributed by atoms with Gasteiger partial charge in [0.1, 0.15) is 0 Å². The summed E-state index contributed by atoms with van der Waals surface area (Å²) in [4.78, 5) is 11.9. The van der Waals surface area contributed by atoms with Gasteiger partial charge >= 0.3 is 0 Å². The summed E-state index contributed by atoms with van der Waals surface area (Å²) in [5, 5.41) is 7.59. The molecule has 4 nitrogen and oxygen atoms in total. The molecule has 0 unspecified atom stereocenters. The molecule has 114 valence electrons. The van der Waals surface area contributed by atoms with Gasteiger partial charge in [-0.15, -0.1) is 0 Å². The molecule has 1 heterocycles. The fraction of sp³-hybridized carbons (Fsp3) is 0.750. The van der Waals surface area contributed by atoms with Crippen molar-refractivity contribution in [1.82, 2.24) is 15.1 Å². The van der Waals surface area contributed by atoms with Crippen molar-refractivity contribution in [2.24, 2.45) is 5.92 Å². The van der Waals surface area contributed by atoms with Crippen LogP contribution in [0.2, 0.25) is 0 Å². The molecule has 0 saturated heterocycles. The molecule has 0 aliphatic heterocycles. The van der Waals surface area contributed by atoms with Gasteiger partial charge in [0, 0.05) is 24.2 Å². The van der Waals surface area contributed by atoms with Crippen LogP contribution in [-0.4, -0.2) is 21.2 Å². The summed E-state index contributed by atoms with van der Waals surface area (Å²) in [6, 6.07) is 0. The molecule has 0 bridgehead atoms. The first-order chi connectivity index (χ1) is 9.10. The molecule has 1 rings (SSSR count). The summed E-state index contributed by atoms with van der Waals surface area (Å²) < 4.78 is 2.07. The minimum Gasteiger partial charge on any atom is -0.351 e. The van der Waals surface area contributed by atoms with Gasteiger partial charge in [0.05, 0.1) is 5.69 Å². The summed E-state index contributed by atoms with van der Waals surface area (Å²) in [6.07, 6.45) is 1.28. The highest BCUT2D eigenvalue weighted by Gasteiger charge is 2.16. The summed E-state index contributed by atoms with van der Waals surface area (Å²) in [7, 11) is 0. The minimum absolute atomic E-state index is 0.105. The zero-order valence-electron chi connectivity index (χ0n) is 14.0. The van der Waals surface area contributed by atoms with E-state index in [0.717, 1.165) is 18.7 Å². The van der Waals surface area contributed by atoms with Crippen LogP contribution in [0.15, 0.2) is 0 Å². The fourth-order valence-corrected chi connectivity index (χ4v) is 2.34. The minimum atomic E-state index is -0.164. The maximum Gasteiger partial charge on any atom is 0.220 e. The normalized spacial score (nSPS) is 12.0. The molecule has 20 heavy (non-hydrogen) atoms. The van der Waals surface area contributed by atoms with E-state index in [4.69, 9.17) is 0 Å². The Morgan fingerprint density at radius 3 is 2.40 bits per heavy atom. The Labute approximate surface area is 122 Å². The van der Waals surface area contributed by atoms with Crippen molar-refractivity contribution >= 4 is 5.91 Å². The third-order valence-corrected chi connectivity index (χ3v) is 3.19. The number of hydrogen-bond donors (Lipinski definition) is 1. The molecule has 0 fully saturated rings. The molecule has 0 aliphatic rings. The number of aryl methyl sites for hydroxylation is 1. The standard InChI is InChI=1S/C16H29N3O/c1-11(2)10-19-13(4)14(12(3)18-19)8-9-15(20)17-16(5,6)7/h11H,8-10H2,1-7H3,(H,17,20). The smallest absolute Gasteiger partial charge is 0.220 e. The number of aromatic nitrogens is 2. The number of nitrogens with one attached hydrogen (secondary N) is 1. The first kappa shape index (κ1) is 16.7. The lowest BCUT2D eigenvalue weighted by atomic mass is 10.1. The predicted octanol–water partition coefficient (Wildman–Crippen LogP) is 3.00. The van der Waals surface area contributed by atoms with Crippen LogP contribution in [0.3, 0.4) is 0 Å². The number of nitrogens with zero attached hydrogens (tertiary/aromatic N) is 2. The Kier molecular flexibility index (Phi) is 5.37. The van der Waals surface area contributed by atoms with E-state index in [1.54, 1.807) is 0 Å². The summed E-state index contributed by atoms with van der Waals surface area (Å²) in [5.74, 6) is 0.679. The maximum atomic E-state index is 11.9. The van der Waals surface area contributed by atoms with Gasteiger partial charge in [0.15, 0.2) is 0 Å². The zero-order chi connectivity index (χ0) is 15.5. The van der Waals surface area contributed by atoms with Crippen LogP contribution in [0.1, 0.15) is 58.0 Å². The monoisotopic (exact) mass is 279 g/mol. The average Bonchev–Trinajstić information content (AvgIpc) is 2.48. The summed E-state index contributed by atoms with van der Waals surface area (Å²) >= 11 is 0. The highest BCUT2D eigenvalue weighted by molar-refractivity contribution is 5.76. The molecule has 1 amide bonds. The van der Waals surface area contributed by atoms with Crippen LogP contribution in [0.4, 0.5) is 0 Å². The SMILES string of the molecule is Cc1nn(CC(C)C)c(C)c1CCC(=O)NC(C)(C)C. The van der Waals surface area contributed by atoms with E-state index in [-0.39, 0.29) is 11.4 Å². The Balaban J connectivity index is 2.69. The van der Waals surface area contributed by atoms with Gasteiger partial charge < -0.3 is 5.32 Å². The molecule has 1 N–H and O–H groups in total. The van der Waals surface area contributed by atoms with E-state index in [9.17, 15) is 4.79 Å². The van der Waals surface area contributed by atoms with Crippen LogP contribution in [0, 0.1) is 19.8 Å². The van der Waals surface area contributed by atoms with Gasteiger partial charge in [0.25, 0.3) is 0 Å². The van der Waals surface area contributed by atoms with Crippen molar-refractivity contribution in [3.8, 4) is 0 Å². The van der Waals surface area contributed by atoms with Crippen LogP contribution in [0.25, 0.3) is 0 Å². The molecule has 0 spiro atoms. The first-order valence-electron chi connectivity index (χ1n) is 7.44. The molecular formula is C16H29N3O. The van der Waals surface area contributed by atoms with E-state index in [2.05, 4.69) is 35.9 Å². The molecule has 0 atom stereocenters. The van der Waals surface area contributed by atoms with Crippen molar-refractivity contribution in [3.63, 3.8) is 0 Å². The van der Waals surface area contributed by atoms with Crippen molar-refractivity contribution in [3.05, 3.63) is 17.0 Å². The predicted molar refractivity (Wildman–Crippen MR) is 82.8 cm³/mol. The number of hydrogen-bond acceptors (Lipinski definition) is 2. The Hall–Kier alpha value is -1.32. The number of carbonyl (C=O) groups excluding carboxylic acids is 1. The molecular weight excluding hydrogens is 250 g/mol. The van der Waals surface area contributed by atoms with E-state index in [1.165, 1.54) is 11.3 Å². The van der Waals surface area contributed by atoms with E-state index < -0.39 is 0 Å². The summed E-state index contributed by atoms with van der Waals surface area (Å²) in [5.41, 5.74) is 3.30. The van der Waals surface area contributed by atoms with Crippen molar-refractivity contribution in [1.29, 1.82) is 0 Å². The molecule has 0 saturated carbocycles. The molecule has 0 aliphatic carbocycles. The third-order valence-electron chi connectivity index (χ3n) is 3.19. The van der Waals surface area contributed by atoms with Crippen LogP contribution in [0.5, 0.6) is 0 Å². The second-order valence-corrected chi connectivity index (χ2v) is 7.02. The Morgan fingerprint density at radius 2 is 1.90 bits per heavy atom. The first-order valence-corrected chi connectivity index (χ1v) is 7.44. The van der Waals surface area contributed by atoms with Crippen molar-refractivity contribution in [2.45, 2.75) is 73.4 Å². The summed E-state index contributed by atoms with van der Waals surface area (Å²) in [6.45, 7) is 15.4. The highest BCUT2D eigenvalue weighted by Crippen LogP contribution is 2.16. The van der Waals surface area contributed by atoms with E-state index >= 15 is 0 Å². The van der Waals surface area contributed by atoms with Crippen LogP contribution >= 0.6 is 0 Å². The molecule has 1 aromatic rings. The van der Waals surface area contributed by atoms with Crippen LogP contribution < -0.4 is 5.32 Å². The second kappa shape index (κ2) is 6.42. The Bertz CT molecular complexity index is 467. The topological polar surface area (TPSA) is 46.9 Å². The van der Waals surface area contributed by atoms with Gasteiger partial charge in [-0.25, -0.2) is 0 Å². The average molecular weight is 279 g/mol. The van der Waals surface area contributed by atoms with Gasteiger partial charge in [-0.05, 0) is 52.5 Å². The molecule has 0 aromatic carbocycles. The molecule has 1 aromatic heterocycles. The number of carbonyl (C=O) groups is 1. The molecule has 0 radical (unpaired) electrons. The largest absolute Gasteiger partial charge is 0.351 e. The zero-order valence-corrected chi connectivity index (χ0v) is 14.0. The van der Waals surface area contributed by atoms with Gasteiger partial charge in [-0.1, -0.05) is 13.8 Å². The lowest BCUT2D eigenvalue weighted by Crippen LogP contribution is -2.40. The fourth-order valence-electron chi connectivity index (χ4n) is 2.34. The van der Waals surface area contributed by atoms with Gasteiger partial charge in [-0.3, -0.25) is 9.48 Å². The Morgan fingerprint density at radius 1 is 1.30 bits per heavy atom. The molecule has 4 heteroatoms. The third kappa shape index (κ3) is 4.99. The van der Waals surface area contributed by atoms with E-state index in [1.807, 2.05) is 27.7 Å². The number of rotatable bonds is 5. The lowest BCUT2D eigenvalue weighted by Gasteiger charge is -2.20. The maximum absolute atomic E-state index is 11.9. The number of amides is 1. The quantitative estimate of drug-likeness (QED) is 0.900.